The molecule has 0 saturated heterocycles. The molecular formula is C13H17ClN2O2S. The van der Waals surface area contributed by atoms with Gasteiger partial charge in [0.25, 0.3) is 0 Å². The van der Waals surface area contributed by atoms with Crippen LogP contribution < -0.4 is 5.32 Å². The lowest BCUT2D eigenvalue weighted by Crippen LogP contribution is -2.30. The summed E-state index contributed by atoms with van der Waals surface area (Å²) in [6, 6.07) is 3.29. The van der Waals surface area contributed by atoms with Crippen molar-refractivity contribution in [3.05, 3.63) is 22.8 Å². The molecule has 1 aliphatic rings. The molecule has 0 amide bonds. The molecule has 1 fully saturated rings. The van der Waals surface area contributed by atoms with Crippen LogP contribution in [0.25, 0.3) is 0 Å². The molecule has 0 bridgehead atoms. The van der Waals surface area contributed by atoms with Crippen molar-refractivity contribution in [2.45, 2.75) is 30.4 Å². The quantitative estimate of drug-likeness (QED) is 0.871. The van der Waals surface area contributed by atoms with Crippen molar-refractivity contribution in [2.75, 3.05) is 18.1 Å². The first-order chi connectivity index (χ1) is 9.06. The highest BCUT2D eigenvalue weighted by Gasteiger charge is 2.32. The van der Waals surface area contributed by atoms with Crippen molar-refractivity contribution in [1.82, 2.24) is 4.98 Å². The van der Waals surface area contributed by atoms with E-state index in [2.05, 4.69) is 16.6 Å². The van der Waals surface area contributed by atoms with E-state index in [4.69, 9.17) is 16.7 Å². The van der Waals surface area contributed by atoms with Crippen molar-refractivity contribution >= 4 is 35.1 Å². The molecule has 2 N–H and O–H groups in total. The monoisotopic (exact) mass is 300 g/mol. The number of carboxylic acids is 1. The van der Waals surface area contributed by atoms with Crippen LogP contribution >= 0.6 is 23.4 Å². The van der Waals surface area contributed by atoms with Crippen molar-refractivity contribution in [2.24, 2.45) is 0 Å². The summed E-state index contributed by atoms with van der Waals surface area (Å²) in [7, 11) is 0. The van der Waals surface area contributed by atoms with Gasteiger partial charge in [0.2, 0.25) is 0 Å². The summed E-state index contributed by atoms with van der Waals surface area (Å²) in [6.45, 7) is 0.807. The number of hydrogen-bond acceptors (Lipinski definition) is 4. The highest BCUT2D eigenvalue weighted by Crippen LogP contribution is 2.40. The summed E-state index contributed by atoms with van der Waals surface area (Å²) < 4.78 is 0.255. The van der Waals surface area contributed by atoms with E-state index in [0.717, 1.165) is 6.54 Å². The third-order valence-electron chi connectivity index (χ3n) is 3.59. The summed E-state index contributed by atoms with van der Waals surface area (Å²) in [4.78, 5) is 15.0. The zero-order valence-corrected chi connectivity index (χ0v) is 12.4. The average Bonchev–Trinajstić information content (AvgIpc) is 2.87. The van der Waals surface area contributed by atoms with Crippen LogP contribution in [-0.2, 0) is 0 Å². The normalized spacial score (nSPS) is 17.4. The first-order valence-corrected chi connectivity index (χ1v) is 7.85. The standard InChI is InChI=1S/C13H17ClN2O2S/c1-19-13(6-2-3-7-13)8-15-10-5-4-9(14)11(16-10)12(17)18/h4-5H,2-3,6-8H2,1H3,(H,15,16)(H,17,18). The molecule has 6 heteroatoms. The number of aromatic carboxylic acids is 1. The van der Waals surface area contributed by atoms with E-state index in [1.807, 2.05) is 11.8 Å². The Hall–Kier alpha value is -0.940. The maximum absolute atomic E-state index is 11.0. The van der Waals surface area contributed by atoms with Gasteiger partial charge in [0, 0.05) is 11.3 Å². The Morgan fingerprint density at radius 2 is 2.21 bits per heavy atom. The van der Waals surface area contributed by atoms with Crippen LogP contribution in [0, 0.1) is 0 Å². The minimum absolute atomic E-state index is 0.101. The van der Waals surface area contributed by atoms with Crippen molar-refractivity contribution in [1.29, 1.82) is 0 Å². The number of anilines is 1. The number of pyridine rings is 1. The molecule has 0 unspecified atom stereocenters. The molecule has 4 nitrogen and oxygen atoms in total. The van der Waals surface area contributed by atoms with E-state index in [9.17, 15) is 4.79 Å². The summed E-state index contributed by atoms with van der Waals surface area (Å²) in [5, 5.41) is 12.4. The average molecular weight is 301 g/mol. The maximum atomic E-state index is 11.0. The molecule has 1 aliphatic carbocycles. The lowest BCUT2D eigenvalue weighted by atomic mass is 10.1. The minimum Gasteiger partial charge on any atom is -0.476 e. The van der Waals surface area contributed by atoms with E-state index in [-0.39, 0.29) is 15.5 Å². The Bertz CT molecular complexity index is 476. The zero-order chi connectivity index (χ0) is 13.9. The van der Waals surface area contributed by atoms with Gasteiger partial charge in [-0.05, 0) is 31.2 Å². The molecule has 1 aromatic heterocycles. The van der Waals surface area contributed by atoms with E-state index < -0.39 is 5.97 Å². The van der Waals surface area contributed by atoms with Crippen LogP contribution in [0.5, 0.6) is 0 Å². The highest BCUT2D eigenvalue weighted by atomic mass is 35.5. The molecule has 19 heavy (non-hydrogen) atoms. The third kappa shape index (κ3) is 3.34. The first-order valence-electron chi connectivity index (χ1n) is 6.25. The van der Waals surface area contributed by atoms with Crippen molar-refractivity contribution < 1.29 is 9.90 Å². The number of halogens is 1. The molecule has 0 spiro atoms. The van der Waals surface area contributed by atoms with Gasteiger partial charge in [0.15, 0.2) is 5.69 Å². The maximum Gasteiger partial charge on any atom is 0.356 e. The lowest BCUT2D eigenvalue weighted by Gasteiger charge is -2.27. The van der Waals surface area contributed by atoms with Crippen LogP contribution in [0.1, 0.15) is 36.2 Å². The minimum atomic E-state index is -1.10. The van der Waals surface area contributed by atoms with Gasteiger partial charge in [-0.1, -0.05) is 24.4 Å². The largest absolute Gasteiger partial charge is 0.476 e. The van der Waals surface area contributed by atoms with Gasteiger partial charge < -0.3 is 10.4 Å². The second-order valence-electron chi connectivity index (χ2n) is 4.78. The molecule has 1 saturated carbocycles. The van der Waals surface area contributed by atoms with Crippen LogP contribution in [0.15, 0.2) is 12.1 Å². The Balaban J connectivity index is 2.07. The van der Waals surface area contributed by atoms with Gasteiger partial charge in [0.1, 0.15) is 5.82 Å². The fourth-order valence-electron chi connectivity index (χ4n) is 2.41. The first kappa shape index (κ1) is 14.5. The predicted molar refractivity (Wildman–Crippen MR) is 79.4 cm³/mol. The number of aromatic nitrogens is 1. The fraction of sp³-hybridized carbons (Fsp3) is 0.538. The number of hydrogen-bond donors (Lipinski definition) is 2. The second-order valence-corrected chi connectivity index (χ2v) is 6.46. The van der Waals surface area contributed by atoms with E-state index in [1.54, 1.807) is 12.1 Å². The second kappa shape index (κ2) is 6.01. The molecule has 2 rings (SSSR count). The molecule has 0 radical (unpaired) electrons. The van der Waals surface area contributed by atoms with Crippen molar-refractivity contribution in [3.63, 3.8) is 0 Å². The Morgan fingerprint density at radius 3 is 2.79 bits per heavy atom. The van der Waals surface area contributed by atoms with Crippen LogP contribution in [-0.4, -0.2) is 33.6 Å². The smallest absolute Gasteiger partial charge is 0.356 e. The van der Waals surface area contributed by atoms with Gasteiger partial charge in [-0.3, -0.25) is 0 Å². The van der Waals surface area contributed by atoms with Gasteiger partial charge >= 0.3 is 5.97 Å². The van der Waals surface area contributed by atoms with E-state index >= 15 is 0 Å². The number of thioether (sulfide) groups is 1. The summed E-state index contributed by atoms with van der Waals surface area (Å²) in [5.74, 6) is -0.531. The van der Waals surface area contributed by atoms with Gasteiger partial charge in [0.05, 0.1) is 5.02 Å². The number of nitrogens with one attached hydrogen (secondary N) is 1. The summed E-state index contributed by atoms with van der Waals surface area (Å²) >= 11 is 7.68. The Labute approximate surface area is 121 Å². The van der Waals surface area contributed by atoms with Crippen LogP contribution in [0.2, 0.25) is 5.02 Å². The van der Waals surface area contributed by atoms with Crippen LogP contribution in [0.3, 0.4) is 0 Å². The topological polar surface area (TPSA) is 62.2 Å². The van der Waals surface area contributed by atoms with Gasteiger partial charge in [-0.2, -0.15) is 11.8 Å². The molecule has 0 aromatic carbocycles. The summed E-state index contributed by atoms with van der Waals surface area (Å²) in [5.41, 5.74) is -0.101. The molecule has 1 aromatic rings. The fourth-order valence-corrected chi connectivity index (χ4v) is 3.51. The Morgan fingerprint density at radius 1 is 1.53 bits per heavy atom. The van der Waals surface area contributed by atoms with E-state index in [1.165, 1.54) is 25.7 Å². The van der Waals surface area contributed by atoms with Gasteiger partial charge in [-0.25, -0.2) is 9.78 Å². The number of rotatable bonds is 5. The molecule has 1 heterocycles. The number of carboxylic acid groups (broad SMARTS) is 1. The van der Waals surface area contributed by atoms with Crippen LogP contribution in [0.4, 0.5) is 5.82 Å². The zero-order valence-electron chi connectivity index (χ0n) is 10.8. The predicted octanol–water partition coefficient (Wildman–Crippen LogP) is 3.52. The number of carbonyl (C=O) groups is 1. The van der Waals surface area contributed by atoms with Gasteiger partial charge in [-0.15, -0.1) is 0 Å². The molecule has 104 valence electrons. The number of nitrogens with zero attached hydrogens (tertiary/aromatic N) is 1. The highest BCUT2D eigenvalue weighted by molar-refractivity contribution is 8.00. The lowest BCUT2D eigenvalue weighted by molar-refractivity contribution is 0.0691. The molecule has 0 atom stereocenters. The SMILES string of the molecule is CSC1(CNc2ccc(Cl)c(C(=O)O)n2)CCCC1. The Kier molecular flexibility index (Phi) is 4.58. The van der Waals surface area contributed by atoms with Crippen molar-refractivity contribution in [3.8, 4) is 0 Å². The molecule has 0 aliphatic heterocycles. The third-order valence-corrected chi connectivity index (χ3v) is 5.31. The summed E-state index contributed by atoms with van der Waals surface area (Å²) in [6.07, 6.45) is 7.04. The van der Waals surface area contributed by atoms with E-state index in [0.29, 0.717) is 5.82 Å². The molecular weight excluding hydrogens is 284 g/mol.